The molecule has 0 aliphatic rings. The maximum atomic E-state index is 9.94. The molecule has 0 saturated heterocycles. The van der Waals surface area contributed by atoms with Gasteiger partial charge in [0.15, 0.2) is 0 Å². The van der Waals surface area contributed by atoms with E-state index >= 15 is 0 Å². The van der Waals surface area contributed by atoms with Crippen LogP contribution in [-0.2, 0) is 0 Å². The third-order valence-electron chi connectivity index (χ3n) is 1.22. The highest BCUT2D eigenvalue weighted by atomic mass is 35.5. The fourth-order valence-electron chi connectivity index (χ4n) is 0.786. The zero-order chi connectivity index (χ0) is 9.84. The second-order valence-corrected chi connectivity index (χ2v) is 3.11. The molecule has 0 unspecified atom stereocenters. The molecule has 68 valence electrons. The molecule has 0 heterocycles. The van der Waals surface area contributed by atoms with Gasteiger partial charge in [-0.15, -0.1) is 12.1 Å². The molecule has 13 heavy (non-hydrogen) atoms. The Balaban J connectivity index is 2.95. The van der Waals surface area contributed by atoms with E-state index in [9.17, 15) is 10.1 Å². The van der Waals surface area contributed by atoms with Gasteiger partial charge in [0.1, 0.15) is 6.20 Å². The molecule has 0 fully saturated rings. The van der Waals surface area contributed by atoms with Crippen molar-refractivity contribution in [3.05, 3.63) is 50.1 Å². The zero-order valence-electron chi connectivity index (χ0n) is 6.33. The molecule has 1 aromatic carbocycles. The van der Waals surface area contributed by atoms with E-state index in [-0.39, 0.29) is 0 Å². The van der Waals surface area contributed by atoms with Gasteiger partial charge in [0.05, 0.1) is 0 Å². The molecule has 0 aliphatic heterocycles. The van der Waals surface area contributed by atoms with E-state index in [4.69, 9.17) is 23.2 Å². The number of rotatable bonds is 2. The van der Waals surface area contributed by atoms with Crippen molar-refractivity contribution in [1.82, 2.24) is 0 Å². The minimum absolute atomic E-state index is 0.434. The van der Waals surface area contributed by atoms with Gasteiger partial charge in [0.25, 0.3) is 0 Å². The van der Waals surface area contributed by atoms with Crippen molar-refractivity contribution in [2.75, 3.05) is 0 Å². The van der Waals surface area contributed by atoms with Gasteiger partial charge in [-0.3, -0.25) is 10.1 Å². The second kappa shape index (κ2) is 4.25. The molecule has 3 nitrogen and oxygen atoms in total. The third kappa shape index (κ3) is 3.44. The van der Waals surface area contributed by atoms with Gasteiger partial charge in [0.2, 0.25) is 0 Å². The third-order valence-corrected chi connectivity index (χ3v) is 1.66. The second-order valence-electron chi connectivity index (χ2n) is 2.23. The van der Waals surface area contributed by atoms with Gasteiger partial charge in [-0.25, -0.2) is 0 Å². The van der Waals surface area contributed by atoms with Crippen LogP contribution >= 0.6 is 23.2 Å². The summed E-state index contributed by atoms with van der Waals surface area (Å²) >= 11 is 11.3. The van der Waals surface area contributed by atoms with E-state index in [0.29, 0.717) is 15.6 Å². The summed E-state index contributed by atoms with van der Waals surface area (Å²) in [5.41, 5.74) is 0.550. The lowest BCUT2D eigenvalue weighted by atomic mass is 10.2. The lowest BCUT2D eigenvalue weighted by molar-refractivity contribution is -0.417. The van der Waals surface area contributed by atoms with Crippen LogP contribution in [0.4, 0.5) is 0 Å². The topological polar surface area (TPSA) is 43.1 Å². The van der Waals surface area contributed by atoms with Crippen LogP contribution in [0.2, 0.25) is 10.0 Å². The van der Waals surface area contributed by atoms with Crippen molar-refractivity contribution in [2.45, 2.75) is 0 Å². The standard InChI is InChI=1S/C8H4Cl2NO2/c9-7-3-6(1-2-11(12)13)4-8(10)5-7/h1,3-5H/q-1. The van der Waals surface area contributed by atoms with Crippen LogP contribution in [0, 0.1) is 16.3 Å². The van der Waals surface area contributed by atoms with Gasteiger partial charge in [-0.2, -0.15) is 11.6 Å². The summed E-state index contributed by atoms with van der Waals surface area (Å²) in [7, 11) is 0. The molecule has 0 radical (unpaired) electrons. The van der Waals surface area contributed by atoms with E-state index in [1.165, 1.54) is 6.08 Å². The molecule has 0 amide bonds. The van der Waals surface area contributed by atoms with Gasteiger partial charge >= 0.3 is 0 Å². The number of nitro groups is 1. The summed E-state index contributed by atoms with van der Waals surface area (Å²) in [6.07, 6.45) is 3.10. The van der Waals surface area contributed by atoms with Crippen LogP contribution in [0.3, 0.4) is 0 Å². The Morgan fingerprint density at radius 1 is 1.31 bits per heavy atom. The Bertz CT molecular complexity index is 343. The van der Waals surface area contributed by atoms with Crippen molar-refractivity contribution in [2.24, 2.45) is 0 Å². The SMILES string of the molecule is O=[N+]([O-])[C-]=Cc1cc(Cl)cc(Cl)c1. The number of halogens is 2. The Morgan fingerprint density at radius 2 is 1.85 bits per heavy atom. The number of nitrogens with zero attached hydrogens (tertiary/aromatic N) is 1. The summed E-state index contributed by atoms with van der Waals surface area (Å²) in [6.45, 7) is 0. The minimum atomic E-state index is -0.672. The highest BCUT2D eigenvalue weighted by Gasteiger charge is 1.89. The van der Waals surface area contributed by atoms with Gasteiger partial charge in [-0.05, 0) is 11.0 Å². The highest BCUT2D eigenvalue weighted by molar-refractivity contribution is 6.34. The lowest BCUT2D eigenvalue weighted by Gasteiger charge is -2.02. The number of hydrogen-bond acceptors (Lipinski definition) is 2. The van der Waals surface area contributed by atoms with E-state index in [0.717, 1.165) is 0 Å². The highest BCUT2D eigenvalue weighted by Crippen LogP contribution is 2.19. The van der Waals surface area contributed by atoms with Crippen LogP contribution < -0.4 is 0 Å². The Kier molecular flexibility index (Phi) is 3.28. The summed E-state index contributed by atoms with van der Waals surface area (Å²) in [5.74, 6) is 0. The molecular weight excluding hydrogens is 213 g/mol. The van der Waals surface area contributed by atoms with Crippen LogP contribution in [0.25, 0.3) is 6.08 Å². The Labute approximate surface area is 84.7 Å². The fourth-order valence-corrected chi connectivity index (χ4v) is 1.33. The minimum Gasteiger partial charge on any atom is -0.278 e. The zero-order valence-corrected chi connectivity index (χ0v) is 7.84. The summed E-state index contributed by atoms with van der Waals surface area (Å²) in [6, 6.07) is 4.67. The van der Waals surface area contributed by atoms with E-state index in [1.807, 2.05) is 6.20 Å². The Hall–Kier alpha value is -1.06. The molecule has 0 aliphatic carbocycles. The summed E-state index contributed by atoms with van der Waals surface area (Å²) in [5, 5.41) is 10.8. The van der Waals surface area contributed by atoms with Gasteiger partial charge < -0.3 is 0 Å². The first-order valence-electron chi connectivity index (χ1n) is 3.28. The molecule has 0 N–H and O–H groups in total. The lowest BCUT2D eigenvalue weighted by Crippen LogP contribution is -1.83. The van der Waals surface area contributed by atoms with E-state index in [1.54, 1.807) is 18.2 Å². The fraction of sp³-hybridized carbons (Fsp3) is 0. The van der Waals surface area contributed by atoms with Crippen LogP contribution in [-0.4, -0.2) is 4.92 Å². The monoisotopic (exact) mass is 216 g/mol. The van der Waals surface area contributed by atoms with Crippen molar-refractivity contribution in [3.63, 3.8) is 0 Å². The number of benzene rings is 1. The molecule has 0 atom stereocenters. The van der Waals surface area contributed by atoms with Crippen LogP contribution in [0.15, 0.2) is 18.2 Å². The Morgan fingerprint density at radius 3 is 2.31 bits per heavy atom. The van der Waals surface area contributed by atoms with Crippen LogP contribution in [0.5, 0.6) is 0 Å². The molecule has 0 spiro atoms. The van der Waals surface area contributed by atoms with Crippen molar-refractivity contribution in [3.8, 4) is 0 Å². The first kappa shape index (κ1) is 10.0. The predicted octanol–water partition coefficient (Wildman–Crippen LogP) is 3.04. The molecule has 0 saturated carbocycles. The molecular formula is C8H4Cl2NO2-. The van der Waals surface area contributed by atoms with Gasteiger partial charge in [-0.1, -0.05) is 23.2 Å². The van der Waals surface area contributed by atoms with Gasteiger partial charge in [0, 0.05) is 10.0 Å². The quantitative estimate of drug-likeness (QED) is 0.330. The van der Waals surface area contributed by atoms with Crippen LogP contribution in [0.1, 0.15) is 5.56 Å². The number of hydrogen-bond donors (Lipinski definition) is 0. The van der Waals surface area contributed by atoms with Crippen molar-refractivity contribution >= 4 is 29.3 Å². The smallest absolute Gasteiger partial charge is 0.121 e. The predicted molar refractivity (Wildman–Crippen MR) is 51.2 cm³/mol. The summed E-state index contributed by atoms with van der Waals surface area (Å²) in [4.78, 5) is 9.27. The maximum absolute atomic E-state index is 9.94. The van der Waals surface area contributed by atoms with E-state index < -0.39 is 4.92 Å². The van der Waals surface area contributed by atoms with E-state index in [2.05, 4.69) is 0 Å². The maximum Gasteiger partial charge on any atom is 0.121 e. The summed E-state index contributed by atoms with van der Waals surface area (Å²) < 4.78 is 0. The molecule has 5 heteroatoms. The van der Waals surface area contributed by atoms with Crippen molar-refractivity contribution in [1.29, 1.82) is 0 Å². The normalized spacial score (nSPS) is 10.6. The largest absolute Gasteiger partial charge is 0.278 e. The average Bonchev–Trinajstić information content (AvgIpc) is 1.99. The molecule has 1 rings (SSSR count). The first-order chi connectivity index (χ1) is 6.08. The molecule has 0 bridgehead atoms. The molecule has 1 aromatic rings. The average molecular weight is 217 g/mol. The van der Waals surface area contributed by atoms with Crippen molar-refractivity contribution < 1.29 is 4.92 Å². The molecule has 0 aromatic heterocycles. The first-order valence-corrected chi connectivity index (χ1v) is 4.03.